The minimum atomic E-state index is -0.743. The molecule has 1 aromatic heterocycles. The summed E-state index contributed by atoms with van der Waals surface area (Å²) >= 11 is 0. The van der Waals surface area contributed by atoms with Crippen molar-refractivity contribution in [2.75, 3.05) is 6.79 Å². The quantitative estimate of drug-likeness (QED) is 0.425. The van der Waals surface area contributed by atoms with E-state index >= 15 is 0 Å². The molecule has 0 amide bonds. The lowest BCUT2D eigenvalue weighted by atomic mass is 10.1. The lowest BCUT2D eigenvalue weighted by Gasteiger charge is -2.20. The molecule has 142 valence electrons. The number of hydrogen-bond acceptors (Lipinski definition) is 8. The summed E-state index contributed by atoms with van der Waals surface area (Å²) < 4.78 is 16.9. The third-order valence-corrected chi connectivity index (χ3v) is 3.85. The first-order chi connectivity index (χ1) is 13.0. The summed E-state index contributed by atoms with van der Waals surface area (Å²) in [6, 6.07) is 5.18. The molecule has 1 aliphatic heterocycles. The molecule has 0 radical (unpaired) electrons. The van der Waals surface area contributed by atoms with Crippen molar-refractivity contribution in [1.29, 1.82) is 0 Å². The number of non-ortho nitro benzene ring substituents is 1. The van der Waals surface area contributed by atoms with E-state index in [-0.39, 0.29) is 36.9 Å². The van der Waals surface area contributed by atoms with Crippen LogP contribution in [-0.4, -0.2) is 27.5 Å². The third-order valence-electron chi connectivity index (χ3n) is 3.85. The number of ether oxygens (including phenoxy) is 3. The summed E-state index contributed by atoms with van der Waals surface area (Å²) in [4.78, 5) is 34.5. The van der Waals surface area contributed by atoms with Gasteiger partial charge in [0.05, 0.1) is 11.5 Å². The first-order valence-electron chi connectivity index (χ1n) is 8.25. The van der Waals surface area contributed by atoms with Gasteiger partial charge < -0.3 is 14.2 Å². The van der Waals surface area contributed by atoms with Crippen LogP contribution in [-0.2, 0) is 29.2 Å². The molecule has 1 aromatic carbocycles. The summed E-state index contributed by atoms with van der Waals surface area (Å²) in [7, 11) is 0. The van der Waals surface area contributed by atoms with Crippen LogP contribution in [0.2, 0.25) is 0 Å². The van der Waals surface area contributed by atoms with Gasteiger partial charge in [0.2, 0.25) is 0 Å². The second-order valence-corrected chi connectivity index (χ2v) is 5.82. The van der Waals surface area contributed by atoms with E-state index in [2.05, 4.69) is 5.10 Å². The van der Waals surface area contributed by atoms with E-state index in [0.717, 1.165) is 0 Å². The fourth-order valence-electron chi connectivity index (χ4n) is 2.64. The number of rotatable bonds is 6. The Labute approximate surface area is 153 Å². The van der Waals surface area contributed by atoms with Crippen LogP contribution >= 0.6 is 0 Å². The van der Waals surface area contributed by atoms with Crippen LogP contribution in [0.25, 0.3) is 0 Å². The van der Waals surface area contributed by atoms with Crippen LogP contribution in [0.3, 0.4) is 0 Å². The molecule has 0 aliphatic carbocycles. The lowest BCUT2D eigenvalue weighted by Crippen LogP contribution is -2.24. The number of hydrogen-bond donors (Lipinski definition) is 0. The molecule has 0 unspecified atom stereocenters. The zero-order chi connectivity index (χ0) is 19.4. The van der Waals surface area contributed by atoms with Crippen molar-refractivity contribution in [1.82, 2.24) is 9.78 Å². The van der Waals surface area contributed by atoms with Gasteiger partial charge in [-0.1, -0.05) is 6.92 Å². The normalized spacial score (nSPS) is 12.8. The number of nitrogens with zero attached hydrogens (tertiary/aromatic N) is 3. The molecule has 3 rings (SSSR count). The molecule has 10 nitrogen and oxygen atoms in total. The number of carbonyl (C=O) groups is 1. The summed E-state index contributed by atoms with van der Waals surface area (Å²) in [5, 5.41) is 15.1. The number of aryl methyl sites for hydroxylation is 1. The summed E-state index contributed by atoms with van der Waals surface area (Å²) in [5.41, 5.74) is 0.388. The second-order valence-electron chi connectivity index (χ2n) is 5.82. The number of fused-ring (bicyclic) bond motifs is 1. The summed E-state index contributed by atoms with van der Waals surface area (Å²) in [5.74, 6) is -0.337. The fourth-order valence-corrected chi connectivity index (χ4v) is 2.64. The Hall–Kier alpha value is -3.27. The molecule has 0 saturated carbocycles. The first kappa shape index (κ1) is 18.5. The molecular weight excluding hydrogens is 358 g/mol. The van der Waals surface area contributed by atoms with Crippen molar-refractivity contribution in [3.63, 3.8) is 0 Å². The zero-order valence-corrected chi connectivity index (χ0v) is 14.5. The SMILES string of the molecule is CCCn1nc(C(=O)OCc2cc([N+](=O)[O-])cc3c2OCOC3)ccc1=O. The van der Waals surface area contributed by atoms with Crippen LogP contribution in [0.4, 0.5) is 5.69 Å². The van der Waals surface area contributed by atoms with Crippen molar-refractivity contribution in [3.05, 3.63) is 61.6 Å². The minimum Gasteiger partial charge on any atom is -0.467 e. The molecule has 10 heteroatoms. The second kappa shape index (κ2) is 7.96. The van der Waals surface area contributed by atoms with Gasteiger partial charge in [0.1, 0.15) is 12.4 Å². The van der Waals surface area contributed by atoms with Gasteiger partial charge in [0.25, 0.3) is 11.2 Å². The highest BCUT2D eigenvalue weighted by Crippen LogP contribution is 2.33. The molecular formula is C17H17N3O7. The van der Waals surface area contributed by atoms with Crippen LogP contribution in [0.1, 0.15) is 35.0 Å². The summed E-state index contributed by atoms with van der Waals surface area (Å²) in [6.45, 7) is 2.20. The van der Waals surface area contributed by atoms with Gasteiger partial charge in [-0.2, -0.15) is 5.10 Å². The first-order valence-corrected chi connectivity index (χ1v) is 8.25. The molecule has 2 aromatic rings. The molecule has 2 heterocycles. The topological polar surface area (TPSA) is 123 Å². The Morgan fingerprint density at radius 1 is 1.41 bits per heavy atom. The van der Waals surface area contributed by atoms with Crippen molar-refractivity contribution >= 4 is 11.7 Å². The number of aromatic nitrogens is 2. The van der Waals surface area contributed by atoms with Gasteiger partial charge >= 0.3 is 5.97 Å². The lowest BCUT2D eigenvalue weighted by molar-refractivity contribution is -0.385. The Morgan fingerprint density at radius 3 is 2.96 bits per heavy atom. The monoisotopic (exact) mass is 375 g/mol. The number of nitro groups is 1. The van der Waals surface area contributed by atoms with Gasteiger partial charge in [-0.25, -0.2) is 9.48 Å². The smallest absolute Gasteiger partial charge is 0.359 e. The number of nitro benzene ring substituents is 1. The average molecular weight is 375 g/mol. The van der Waals surface area contributed by atoms with E-state index in [1.165, 1.54) is 28.9 Å². The molecule has 0 fully saturated rings. The van der Waals surface area contributed by atoms with Crippen LogP contribution in [0.5, 0.6) is 5.75 Å². The Kier molecular flexibility index (Phi) is 5.46. The van der Waals surface area contributed by atoms with E-state index in [1.807, 2.05) is 6.92 Å². The standard InChI is InChI=1S/C17H17N3O7/c1-2-5-19-15(21)4-3-14(18-19)17(22)26-9-12-7-13(20(23)24)6-11-8-25-10-27-16(11)12/h3-4,6-7H,2,5,8-10H2,1H3. The van der Waals surface area contributed by atoms with E-state index < -0.39 is 10.9 Å². The number of esters is 1. The maximum absolute atomic E-state index is 12.3. The largest absolute Gasteiger partial charge is 0.467 e. The van der Waals surface area contributed by atoms with Crippen molar-refractivity contribution in [2.24, 2.45) is 0 Å². The highest BCUT2D eigenvalue weighted by Gasteiger charge is 2.22. The molecule has 1 aliphatic rings. The van der Waals surface area contributed by atoms with E-state index in [1.54, 1.807) is 0 Å². The van der Waals surface area contributed by atoms with Gasteiger partial charge in [-0.3, -0.25) is 14.9 Å². The maximum atomic E-state index is 12.3. The molecule has 0 N–H and O–H groups in total. The van der Waals surface area contributed by atoms with Crippen molar-refractivity contribution in [3.8, 4) is 5.75 Å². The van der Waals surface area contributed by atoms with Crippen LogP contribution < -0.4 is 10.3 Å². The zero-order valence-electron chi connectivity index (χ0n) is 14.5. The van der Waals surface area contributed by atoms with Gasteiger partial charge in [0.15, 0.2) is 12.5 Å². The molecule has 0 spiro atoms. The predicted octanol–water partition coefficient (Wildman–Crippen LogP) is 1.78. The molecule has 0 bridgehead atoms. The number of carbonyl (C=O) groups excluding carboxylic acids is 1. The van der Waals surface area contributed by atoms with E-state index in [0.29, 0.717) is 29.8 Å². The van der Waals surface area contributed by atoms with Crippen LogP contribution in [0.15, 0.2) is 29.1 Å². The molecule has 0 saturated heterocycles. The highest BCUT2D eigenvalue weighted by atomic mass is 16.7. The Balaban J connectivity index is 1.81. The van der Waals surface area contributed by atoms with E-state index in [4.69, 9.17) is 14.2 Å². The van der Waals surface area contributed by atoms with Gasteiger partial charge in [-0.15, -0.1) is 0 Å². The third kappa shape index (κ3) is 4.11. The van der Waals surface area contributed by atoms with Crippen molar-refractivity contribution in [2.45, 2.75) is 33.1 Å². The number of benzene rings is 1. The van der Waals surface area contributed by atoms with Crippen LogP contribution in [0, 0.1) is 10.1 Å². The average Bonchev–Trinajstić information content (AvgIpc) is 2.67. The molecule has 0 atom stereocenters. The minimum absolute atomic E-state index is 0.00922. The fraction of sp³-hybridized carbons (Fsp3) is 0.353. The summed E-state index contributed by atoms with van der Waals surface area (Å²) in [6.07, 6.45) is 0.685. The Morgan fingerprint density at radius 2 is 2.22 bits per heavy atom. The van der Waals surface area contributed by atoms with Gasteiger partial charge in [0, 0.05) is 35.9 Å². The maximum Gasteiger partial charge on any atom is 0.359 e. The highest BCUT2D eigenvalue weighted by molar-refractivity contribution is 5.86. The Bertz CT molecular complexity index is 939. The van der Waals surface area contributed by atoms with E-state index in [9.17, 15) is 19.7 Å². The van der Waals surface area contributed by atoms with Crippen molar-refractivity contribution < 1.29 is 23.9 Å². The molecule has 27 heavy (non-hydrogen) atoms. The van der Waals surface area contributed by atoms with Gasteiger partial charge in [-0.05, 0) is 12.5 Å². The predicted molar refractivity (Wildman–Crippen MR) is 91.3 cm³/mol.